The van der Waals surface area contributed by atoms with Gasteiger partial charge in [-0.25, -0.2) is 14.1 Å². The predicted molar refractivity (Wildman–Crippen MR) is 107 cm³/mol. The summed E-state index contributed by atoms with van der Waals surface area (Å²) in [5.41, 5.74) is 0.748. The van der Waals surface area contributed by atoms with Gasteiger partial charge in [-0.3, -0.25) is 14.2 Å². The molecule has 154 valence electrons. The maximum absolute atomic E-state index is 13.2. The number of nitrogens with one attached hydrogen (secondary N) is 1. The van der Waals surface area contributed by atoms with E-state index < -0.39 is 0 Å². The van der Waals surface area contributed by atoms with Gasteiger partial charge in [0.25, 0.3) is 5.56 Å². The lowest BCUT2D eigenvalue weighted by molar-refractivity contribution is -0.121. The molecule has 0 atom stereocenters. The molecular weight excluding hydrogens is 377 g/mol. The third-order valence-electron chi connectivity index (χ3n) is 4.50. The van der Waals surface area contributed by atoms with Gasteiger partial charge < -0.3 is 10.1 Å². The Morgan fingerprint density at radius 1 is 1.28 bits per heavy atom. The van der Waals surface area contributed by atoms with E-state index >= 15 is 0 Å². The van der Waals surface area contributed by atoms with E-state index in [0.29, 0.717) is 42.3 Å². The summed E-state index contributed by atoms with van der Waals surface area (Å²) in [4.78, 5) is 29.4. The average Bonchev–Trinajstić information content (AvgIpc) is 3.12. The van der Waals surface area contributed by atoms with Crippen LogP contribution in [0.5, 0.6) is 0 Å². The van der Waals surface area contributed by atoms with Gasteiger partial charge in [0.2, 0.25) is 5.91 Å². The summed E-state index contributed by atoms with van der Waals surface area (Å²) < 4.78 is 21.4. The smallest absolute Gasteiger partial charge is 0.264 e. The summed E-state index contributed by atoms with van der Waals surface area (Å²) in [6.07, 6.45) is 2.36. The quantitative estimate of drug-likeness (QED) is 0.554. The molecule has 2 aromatic heterocycles. The Labute approximate surface area is 167 Å². The monoisotopic (exact) mass is 401 g/mol. The molecule has 8 nitrogen and oxygen atoms in total. The van der Waals surface area contributed by atoms with E-state index in [-0.39, 0.29) is 30.2 Å². The molecule has 0 saturated carbocycles. The highest BCUT2D eigenvalue weighted by Crippen LogP contribution is 2.15. The molecule has 0 unspecified atom stereocenters. The van der Waals surface area contributed by atoms with Crippen LogP contribution >= 0.6 is 0 Å². The average molecular weight is 401 g/mol. The highest BCUT2D eigenvalue weighted by molar-refractivity contribution is 5.76. The van der Waals surface area contributed by atoms with Crippen LogP contribution in [0.25, 0.3) is 16.7 Å². The van der Waals surface area contributed by atoms with E-state index in [0.717, 1.165) is 6.42 Å². The number of ether oxygens (including phenoxy) is 1. The van der Waals surface area contributed by atoms with Gasteiger partial charge in [-0.05, 0) is 44.5 Å². The van der Waals surface area contributed by atoms with Crippen molar-refractivity contribution in [3.8, 4) is 5.69 Å². The van der Waals surface area contributed by atoms with Crippen molar-refractivity contribution < 1.29 is 13.9 Å². The van der Waals surface area contributed by atoms with Crippen LogP contribution in [0.4, 0.5) is 4.39 Å². The second kappa shape index (κ2) is 9.42. The number of aromatic nitrogens is 4. The van der Waals surface area contributed by atoms with Crippen LogP contribution in [-0.4, -0.2) is 45.0 Å². The molecule has 1 aromatic carbocycles. The first-order chi connectivity index (χ1) is 14.0. The first-order valence-corrected chi connectivity index (χ1v) is 9.56. The Morgan fingerprint density at radius 3 is 2.76 bits per heavy atom. The minimum absolute atomic E-state index is 0.130. The molecule has 2 heterocycles. The van der Waals surface area contributed by atoms with E-state index in [9.17, 15) is 14.0 Å². The van der Waals surface area contributed by atoms with Crippen LogP contribution in [0, 0.1) is 12.7 Å². The summed E-state index contributed by atoms with van der Waals surface area (Å²) in [7, 11) is 0. The van der Waals surface area contributed by atoms with Crippen molar-refractivity contribution in [2.45, 2.75) is 33.2 Å². The highest BCUT2D eigenvalue weighted by atomic mass is 19.1. The Hall–Kier alpha value is -3.07. The Balaban J connectivity index is 1.73. The molecule has 0 bridgehead atoms. The number of benzene rings is 1. The molecule has 0 radical (unpaired) electrons. The van der Waals surface area contributed by atoms with Crippen LogP contribution in [0.3, 0.4) is 0 Å². The molecular formula is C20H24FN5O3. The van der Waals surface area contributed by atoms with Crippen molar-refractivity contribution >= 4 is 16.9 Å². The van der Waals surface area contributed by atoms with Gasteiger partial charge in [-0.1, -0.05) is 0 Å². The minimum atomic E-state index is -0.354. The molecule has 1 N–H and O–H groups in total. The van der Waals surface area contributed by atoms with Crippen molar-refractivity contribution in [1.82, 2.24) is 24.6 Å². The fourth-order valence-electron chi connectivity index (χ4n) is 2.99. The predicted octanol–water partition coefficient (Wildman–Crippen LogP) is 1.96. The molecule has 0 spiro atoms. The summed E-state index contributed by atoms with van der Waals surface area (Å²) in [5, 5.41) is 7.39. The fraction of sp³-hybridized carbons (Fsp3) is 0.400. The fourth-order valence-corrected chi connectivity index (χ4v) is 2.99. The molecule has 0 aliphatic rings. The van der Waals surface area contributed by atoms with Crippen LogP contribution in [0.15, 0.2) is 35.3 Å². The maximum atomic E-state index is 13.2. The lowest BCUT2D eigenvalue weighted by atomic mass is 10.3. The van der Waals surface area contributed by atoms with Gasteiger partial charge in [0, 0.05) is 32.7 Å². The van der Waals surface area contributed by atoms with Crippen LogP contribution in [0.2, 0.25) is 0 Å². The molecule has 9 heteroatoms. The van der Waals surface area contributed by atoms with Crippen LogP contribution in [0.1, 0.15) is 25.6 Å². The summed E-state index contributed by atoms with van der Waals surface area (Å²) in [6, 6.07) is 5.79. The number of fused-ring (bicyclic) bond motifs is 1. The number of hydrogen-bond acceptors (Lipinski definition) is 5. The normalized spacial score (nSPS) is 11.1. The SMILES string of the molecule is CCOCCCNC(=O)CCn1c(C)nc2c(cnn2-c2ccc(F)cc2)c1=O. The number of amides is 1. The van der Waals surface area contributed by atoms with Crippen molar-refractivity contribution in [1.29, 1.82) is 0 Å². The molecule has 3 aromatic rings. The minimum Gasteiger partial charge on any atom is -0.382 e. The topological polar surface area (TPSA) is 91.0 Å². The third kappa shape index (κ3) is 4.86. The van der Waals surface area contributed by atoms with E-state index in [2.05, 4.69) is 15.4 Å². The van der Waals surface area contributed by atoms with Crippen molar-refractivity contribution in [2.75, 3.05) is 19.8 Å². The molecule has 1 amide bonds. The number of aryl methyl sites for hydroxylation is 1. The zero-order valence-electron chi connectivity index (χ0n) is 16.5. The van der Waals surface area contributed by atoms with Gasteiger partial charge in [-0.2, -0.15) is 5.10 Å². The van der Waals surface area contributed by atoms with Gasteiger partial charge in [0.05, 0.1) is 11.9 Å². The van der Waals surface area contributed by atoms with Crippen molar-refractivity contribution in [2.24, 2.45) is 0 Å². The van der Waals surface area contributed by atoms with Crippen molar-refractivity contribution in [3.05, 3.63) is 52.5 Å². The van der Waals surface area contributed by atoms with Gasteiger partial charge in [-0.15, -0.1) is 0 Å². The second-order valence-electron chi connectivity index (χ2n) is 6.54. The number of carbonyl (C=O) groups excluding carboxylic acids is 1. The second-order valence-corrected chi connectivity index (χ2v) is 6.54. The third-order valence-corrected chi connectivity index (χ3v) is 4.50. The highest BCUT2D eigenvalue weighted by Gasteiger charge is 2.15. The van der Waals surface area contributed by atoms with E-state index in [1.54, 1.807) is 19.1 Å². The van der Waals surface area contributed by atoms with E-state index in [1.165, 1.54) is 27.6 Å². The summed E-state index contributed by atoms with van der Waals surface area (Å²) in [5.74, 6) is -0.00159. The number of nitrogens with zero attached hydrogens (tertiary/aromatic N) is 4. The zero-order valence-corrected chi connectivity index (χ0v) is 16.5. The molecule has 0 fully saturated rings. The summed E-state index contributed by atoms with van der Waals surface area (Å²) in [6.45, 7) is 5.66. The number of carbonyl (C=O) groups is 1. The lowest BCUT2D eigenvalue weighted by Gasteiger charge is -2.10. The van der Waals surface area contributed by atoms with Gasteiger partial charge in [0.1, 0.15) is 17.0 Å². The largest absolute Gasteiger partial charge is 0.382 e. The van der Waals surface area contributed by atoms with E-state index in [1.807, 2.05) is 6.92 Å². The lowest BCUT2D eigenvalue weighted by Crippen LogP contribution is -2.30. The zero-order chi connectivity index (χ0) is 20.8. The molecule has 29 heavy (non-hydrogen) atoms. The Morgan fingerprint density at radius 2 is 2.03 bits per heavy atom. The number of rotatable bonds is 9. The van der Waals surface area contributed by atoms with Gasteiger partial charge >= 0.3 is 0 Å². The van der Waals surface area contributed by atoms with Gasteiger partial charge in [0.15, 0.2) is 5.65 Å². The molecule has 0 aliphatic heterocycles. The maximum Gasteiger partial charge on any atom is 0.264 e. The Bertz CT molecular complexity index is 1040. The molecule has 0 aliphatic carbocycles. The molecule has 3 rings (SSSR count). The van der Waals surface area contributed by atoms with Crippen LogP contribution < -0.4 is 10.9 Å². The first kappa shape index (κ1) is 20.7. The first-order valence-electron chi connectivity index (χ1n) is 9.56. The standard InChI is InChI=1S/C20H24FN5O3/c1-3-29-12-4-10-22-18(27)9-11-25-14(2)24-19-17(20(25)28)13-23-26(19)16-7-5-15(21)6-8-16/h5-8,13H,3-4,9-12H2,1-2H3,(H,22,27). The van der Waals surface area contributed by atoms with Crippen molar-refractivity contribution in [3.63, 3.8) is 0 Å². The summed E-state index contributed by atoms with van der Waals surface area (Å²) >= 11 is 0. The Kier molecular flexibility index (Phi) is 6.71. The number of hydrogen-bond donors (Lipinski definition) is 1. The van der Waals surface area contributed by atoms with E-state index in [4.69, 9.17) is 4.74 Å². The van der Waals surface area contributed by atoms with Crippen LogP contribution in [-0.2, 0) is 16.1 Å². The molecule has 0 saturated heterocycles. The number of halogens is 1.